The molecule has 3 atom stereocenters. The van der Waals surface area contributed by atoms with Gasteiger partial charge < -0.3 is 4.90 Å². The number of likely N-dealkylation sites (tertiary alicyclic amines) is 1. The van der Waals surface area contributed by atoms with Crippen LogP contribution in [0.15, 0.2) is 0 Å². The molecule has 0 spiro atoms. The van der Waals surface area contributed by atoms with Crippen LogP contribution in [0.5, 0.6) is 0 Å². The summed E-state index contributed by atoms with van der Waals surface area (Å²) in [6, 6.07) is 0. The Morgan fingerprint density at radius 1 is 1.11 bits per heavy atom. The van der Waals surface area contributed by atoms with Gasteiger partial charge in [0, 0.05) is 17.2 Å². The Bertz CT molecular complexity index is 286. The number of rotatable bonds is 3. The van der Waals surface area contributed by atoms with Gasteiger partial charge in [-0.2, -0.15) is 0 Å². The Hall–Kier alpha value is -0.0800. The standard InChI is InChI=1S/C15H26ClNO/c1-11-7-8-17(9-12(11)2)10-15(18)13-3-5-14(16)6-4-13/h11-14H,3-10H2,1-2H3/p+1. The summed E-state index contributed by atoms with van der Waals surface area (Å²) in [6.07, 6.45) is 5.37. The zero-order chi connectivity index (χ0) is 13.1. The Morgan fingerprint density at radius 3 is 2.39 bits per heavy atom. The molecule has 0 aromatic heterocycles. The van der Waals surface area contributed by atoms with Crippen molar-refractivity contribution in [3.63, 3.8) is 0 Å². The Morgan fingerprint density at radius 2 is 1.78 bits per heavy atom. The number of hydrogen-bond donors (Lipinski definition) is 1. The molecule has 0 aromatic carbocycles. The van der Waals surface area contributed by atoms with Crippen LogP contribution in [-0.4, -0.2) is 30.8 Å². The molecule has 18 heavy (non-hydrogen) atoms. The second-order valence-electron chi connectivity index (χ2n) is 6.54. The van der Waals surface area contributed by atoms with Crippen LogP contribution in [0.4, 0.5) is 0 Å². The molecule has 0 bridgehead atoms. The zero-order valence-corrected chi connectivity index (χ0v) is 12.5. The fourth-order valence-corrected chi connectivity index (χ4v) is 3.65. The van der Waals surface area contributed by atoms with Crippen molar-refractivity contribution in [3.05, 3.63) is 0 Å². The van der Waals surface area contributed by atoms with E-state index in [2.05, 4.69) is 13.8 Å². The lowest BCUT2D eigenvalue weighted by molar-refractivity contribution is -0.902. The van der Waals surface area contributed by atoms with Crippen LogP contribution in [0.2, 0.25) is 0 Å². The van der Waals surface area contributed by atoms with Crippen molar-refractivity contribution < 1.29 is 9.69 Å². The molecule has 1 saturated heterocycles. The summed E-state index contributed by atoms with van der Waals surface area (Å²) in [5.74, 6) is 2.40. The molecule has 2 aliphatic rings. The molecule has 1 aliphatic heterocycles. The maximum Gasteiger partial charge on any atom is 0.189 e. The number of piperidine rings is 1. The lowest BCUT2D eigenvalue weighted by Crippen LogP contribution is -3.14. The fourth-order valence-electron chi connectivity index (χ4n) is 3.40. The van der Waals surface area contributed by atoms with Gasteiger partial charge in [-0.15, -0.1) is 11.6 Å². The van der Waals surface area contributed by atoms with Gasteiger partial charge in [0.2, 0.25) is 0 Å². The number of carbonyl (C=O) groups is 1. The summed E-state index contributed by atoms with van der Waals surface area (Å²) in [4.78, 5) is 13.8. The third kappa shape index (κ3) is 3.71. The molecule has 1 saturated carbocycles. The van der Waals surface area contributed by atoms with Gasteiger partial charge in [0.1, 0.15) is 6.54 Å². The molecule has 2 fully saturated rings. The first kappa shape index (κ1) is 14.3. The van der Waals surface area contributed by atoms with Gasteiger partial charge in [-0.3, -0.25) is 4.79 Å². The van der Waals surface area contributed by atoms with Crippen LogP contribution in [0.1, 0.15) is 46.0 Å². The van der Waals surface area contributed by atoms with Crippen molar-refractivity contribution in [2.45, 2.75) is 51.3 Å². The second-order valence-corrected chi connectivity index (χ2v) is 7.16. The number of Topliss-reactive ketones (excluding diaryl/α,β-unsaturated/α-hetero) is 1. The van der Waals surface area contributed by atoms with Crippen LogP contribution in [-0.2, 0) is 4.79 Å². The lowest BCUT2D eigenvalue weighted by Gasteiger charge is -2.33. The first-order chi connectivity index (χ1) is 8.56. The quantitative estimate of drug-likeness (QED) is 0.779. The number of nitrogens with one attached hydrogen (secondary N) is 1. The van der Waals surface area contributed by atoms with Crippen molar-refractivity contribution in [3.8, 4) is 0 Å². The van der Waals surface area contributed by atoms with Crippen LogP contribution in [0, 0.1) is 17.8 Å². The third-order valence-electron chi connectivity index (χ3n) is 5.07. The van der Waals surface area contributed by atoms with Gasteiger partial charge in [0.15, 0.2) is 5.78 Å². The number of carbonyl (C=O) groups excluding carboxylic acids is 1. The normalized spacial score (nSPS) is 41.6. The van der Waals surface area contributed by atoms with E-state index in [9.17, 15) is 4.79 Å². The monoisotopic (exact) mass is 272 g/mol. The molecule has 1 N–H and O–H groups in total. The number of halogens is 1. The molecular weight excluding hydrogens is 246 g/mol. The van der Waals surface area contributed by atoms with Gasteiger partial charge in [-0.25, -0.2) is 0 Å². The van der Waals surface area contributed by atoms with E-state index in [-0.39, 0.29) is 0 Å². The van der Waals surface area contributed by atoms with Gasteiger partial charge in [-0.1, -0.05) is 13.8 Å². The third-order valence-corrected chi connectivity index (χ3v) is 5.51. The maximum absolute atomic E-state index is 12.3. The largest absolute Gasteiger partial charge is 0.329 e. The van der Waals surface area contributed by atoms with Crippen molar-refractivity contribution in [2.75, 3.05) is 19.6 Å². The minimum atomic E-state index is 0.308. The first-order valence-corrected chi connectivity index (χ1v) is 8.00. The Labute approximate surface area is 116 Å². The highest BCUT2D eigenvalue weighted by molar-refractivity contribution is 6.20. The molecule has 1 aliphatic carbocycles. The van der Waals surface area contributed by atoms with E-state index in [1.54, 1.807) is 0 Å². The van der Waals surface area contributed by atoms with Gasteiger partial charge >= 0.3 is 0 Å². The van der Waals surface area contributed by atoms with E-state index >= 15 is 0 Å². The molecule has 1 heterocycles. The summed E-state index contributed by atoms with van der Waals surface area (Å²) < 4.78 is 0. The van der Waals surface area contributed by atoms with Crippen molar-refractivity contribution in [1.82, 2.24) is 0 Å². The number of hydrogen-bond acceptors (Lipinski definition) is 1. The van der Waals surface area contributed by atoms with Gasteiger partial charge in [0.05, 0.1) is 13.1 Å². The molecule has 0 radical (unpaired) electrons. The number of quaternary nitrogens is 1. The predicted octanol–water partition coefficient (Wildman–Crippen LogP) is 1.91. The topological polar surface area (TPSA) is 21.5 Å². The van der Waals surface area contributed by atoms with Crippen molar-refractivity contribution in [2.24, 2.45) is 17.8 Å². The van der Waals surface area contributed by atoms with E-state index in [1.807, 2.05) is 0 Å². The Balaban J connectivity index is 1.77. The SMILES string of the molecule is CC1CC[NH+](CC(=O)C2CCC(Cl)CC2)CC1C. The average Bonchev–Trinajstić information content (AvgIpc) is 2.34. The summed E-state index contributed by atoms with van der Waals surface area (Å²) in [5.41, 5.74) is 0. The minimum absolute atomic E-state index is 0.308. The molecular formula is C15H27ClNO+. The van der Waals surface area contributed by atoms with Gasteiger partial charge in [-0.05, 0) is 38.0 Å². The first-order valence-electron chi connectivity index (χ1n) is 7.56. The van der Waals surface area contributed by atoms with E-state index in [1.165, 1.54) is 24.4 Å². The van der Waals surface area contributed by atoms with Crippen LogP contribution in [0.3, 0.4) is 0 Å². The van der Waals surface area contributed by atoms with Crippen LogP contribution in [0.25, 0.3) is 0 Å². The van der Waals surface area contributed by atoms with Gasteiger partial charge in [0.25, 0.3) is 0 Å². The summed E-state index contributed by atoms with van der Waals surface area (Å²) >= 11 is 6.10. The zero-order valence-electron chi connectivity index (χ0n) is 11.8. The molecule has 0 amide bonds. The molecule has 0 aromatic rings. The predicted molar refractivity (Wildman–Crippen MR) is 75.1 cm³/mol. The highest BCUT2D eigenvalue weighted by Gasteiger charge is 2.31. The minimum Gasteiger partial charge on any atom is -0.329 e. The van der Waals surface area contributed by atoms with E-state index in [4.69, 9.17) is 11.6 Å². The smallest absolute Gasteiger partial charge is 0.189 e. The Kier molecular flexibility index (Phi) is 5.08. The average molecular weight is 273 g/mol. The maximum atomic E-state index is 12.3. The fraction of sp³-hybridized carbons (Fsp3) is 0.933. The molecule has 2 nitrogen and oxygen atoms in total. The van der Waals surface area contributed by atoms with E-state index in [0.29, 0.717) is 17.1 Å². The molecule has 3 unspecified atom stereocenters. The molecule has 3 heteroatoms. The van der Waals surface area contributed by atoms with Crippen molar-refractivity contribution >= 4 is 17.4 Å². The molecule has 104 valence electrons. The van der Waals surface area contributed by atoms with Crippen LogP contribution < -0.4 is 4.90 Å². The summed E-state index contributed by atoms with van der Waals surface area (Å²) in [5, 5.41) is 0.317. The second kappa shape index (κ2) is 6.38. The summed E-state index contributed by atoms with van der Waals surface area (Å²) in [7, 11) is 0. The molecule has 2 rings (SSSR count). The highest BCUT2D eigenvalue weighted by Crippen LogP contribution is 2.27. The lowest BCUT2D eigenvalue weighted by atomic mass is 9.84. The number of ketones is 1. The number of alkyl halides is 1. The van der Waals surface area contributed by atoms with Crippen LogP contribution >= 0.6 is 11.6 Å². The summed E-state index contributed by atoms with van der Waals surface area (Å²) in [6.45, 7) is 7.78. The highest BCUT2D eigenvalue weighted by atomic mass is 35.5. The van der Waals surface area contributed by atoms with E-state index in [0.717, 1.165) is 44.1 Å². The van der Waals surface area contributed by atoms with Crippen molar-refractivity contribution in [1.29, 1.82) is 0 Å². The van der Waals surface area contributed by atoms with E-state index < -0.39 is 0 Å².